The van der Waals surface area contributed by atoms with E-state index in [-0.39, 0.29) is 0 Å². The van der Waals surface area contributed by atoms with Gasteiger partial charge in [0, 0.05) is 36.8 Å². The van der Waals surface area contributed by atoms with Crippen molar-refractivity contribution in [2.24, 2.45) is 0 Å². The number of benzene rings is 1. The van der Waals surface area contributed by atoms with E-state index >= 15 is 0 Å². The van der Waals surface area contributed by atoms with Gasteiger partial charge in [0.15, 0.2) is 0 Å². The van der Waals surface area contributed by atoms with Crippen LogP contribution in [0, 0.1) is 0 Å². The van der Waals surface area contributed by atoms with Crippen LogP contribution in [0.4, 0.5) is 18.9 Å². The van der Waals surface area contributed by atoms with Gasteiger partial charge in [0.05, 0.1) is 5.56 Å². The molecule has 0 atom stereocenters. The van der Waals surface area contributed by atoms with Crippen LogP contribution in [-0.4, -0.2) is 31.1 Å². The average molecular weight is 318 g/mol. The molecule has 0 bridgehead atoms. The molecule has 0 saturated carbocycles. The SMILES string of the molecule is CCCNCc1ccc(N2CCSCC2)c(C(F)(F)F)c1. The topological polar surface area (TPSA) is 15.3 Å². The van der Waals surface area contributed by atoms with Gasteiger partial charge in [-0.05, 0) is 30.7 Å². The maximum absolute atomic E-state index is 13.3. The largest absolute Gasteiger partial charge is 0.418 e. The highest BCUT2D eigenvalue weighted by Gasteiger charge is 2.35. The maximum Gasteiger partial charge on any atom is 0.418 e. The molecular weight excluding hydrogens is 297 g/mol. The van der Waals surface area contributed by atoms with Gasteiger partial charge in [-0.2, -0.15) is 24.9 Å². The molecule has 6 heteroatoms. The summed E-state index contributed by atoms with van der Waals surface area (Å²) in [4.78, 5) is 1.85. The predicted octanol–water partition coefficient (Wildman–Crippen LogP) is 3.76. The fourth-order valence-corrected chi connectivity index (χ4v) is 3.31. The van der Waals surface area contributed by atoms with Crippen LogP contribution in [0.25, 0.3) is 0 Å². The van der Waals surface area contributed by atoms with E-state index in [4.69, 9.17) is 0 Å². The Morgan fingerprint density at radius 1 is 1.24 bits per heavy atom. The van der Waals surface area contributed by atoms with Gasteiger partial charge < -0.3 is 10.2 Å². The number of alkyl halides is 3. The van der Waals surface area contributed by atoms with E-state index in [1.807, 2.05) is 11.8 Å². The van der Waals surface area contributed by atoms with Gasteiger partial charge in [-0.1, -0.05) is 13.0 Å². The van der Waals surface area contributed by atoms with Crippen molar-refractivity contribution in [3.63, 3.8) is 0 Å². The number of rotatable bonds is 5. The minimum absolute atomic E-state index is 0.321. The third-order valence-corrected chi connectivity index (χ3v) is 4.42. The number of hydrogen-bond donors (Lipinski definition) is 1. The zero-order valence-corrected chi connectivity index (χ0v) is 13.0. The Morgan fingerprint density at radius 2 is 1.95 bits per heavy atom. The molecule has 2 nitrogen and oxygen atoms in total. The summed E-state index contributed by atoms with van der Waals surface area (Å²) in [5.41, 5.74) is 0.498. The second-order valence-corrected chi connectivity index (χ2v) is 6.35. The molecule has 1 saturated heterocycles. The summed E-state index contributed by atoms with van der Waals surface area (Å²) in [6.07, 6.45) is -3.34. The number of nitrogens with one attached hydrogen (secondary N) is 1. The highest BCUT2D eigenvalue weighted by atomic mass is 32.2. The number of anilines is 1. The van der Waals surface area contributed by atoms with Crippen molar-refractivity contribution in [2.75, 3.05) is 36.0 Å². The lowest BCUT2D eigenvalue weighted by Crippen LogP contribution is -2.34. The molecular formula is C15H21F3N2S. The molecule has 0 radical (unpaired) electrons. The molecule has 0 aliphatic carbocycles. The van der Waals surface area contributed by atoms with E-state index in [0.717, 1.165) is 24.5 Å². The summed E-state index contributed by atoms with van der Waals surface area (Å²) >= 11 is 1.79. The normalized spacial score (nSPS) is 16.3. The number of hydrogen-bond acceptors (Lipinski definition) is 3. The molecule has 118 valence electrons. The van der Waals surface area contributed by atoms with Crippen molar-refractivity contribution in [2.45, 2.75) is 26.1 Å². The predicted molar refractivity (Wildman–Crippen MR) is 83.0 cm³/mol. The van der Waals surface area contributed by atoms with Crippen LogP contribution in [0.15, 0.2) is 18.2 Å². The monoisotopic (exact) mass is 318 g/mol. The Kier molecular flexibility index (Phi) is 5.81. The van der Waals surface area contributed by atoms with Gasteiger partial charge in [-0.3, -0.25) is 0 Å². The molecule has 1 aliphatic heterocycles. The lowest BCUT2D eigenvalue weighted by atomic mass is 10.1. The number of nitrogens with zero attached hydrogens (tertiary/aromatic N) is 1. The van der Waals surface area contributed by atoms with E-state index in [9.17, 15) is 13.2 Å². The summed E-state index contributed by atoms with van der Waals surface area (Å²) in [7, 11) is 0. The first-order valence-corrected chi connectivity index (χ1v) is 8.41. The van der Waals surface area contributed by atoms with Crippen LogP contribution in [-0.2, 0) is 12.7 Å². The van der Waals surface area contributed by atoms with Gasteiger partial charge in [0.1, 0.15) is 0 Å². The molecule has 1 aliphatic rings. The Bertz CT molecular complexity index is 457. The van der Waals surface area contributed by atoms with Gasteiger partial charge >= 0.3 is 6.18 Å². The Morgan fingerprint density at radius 3 is 2.57 bits per heavy atom. The standard InChI is InChI=1S/C15H21F3N2S/c1-2-5-19-11-12-3-4-14(13(10-12)15(16,17)18)20-6-8-21-9-7-20/h3-4,10,19H,2,5-9,11H2,1H3. The second-order valence-electron chi connectivity index (χ2n) is 5.13. The molecule has 1 aromatic carbocycles. The zero-order valence-electron chi connectivity index (χ0n) is 12.2. The third kappa shape index (κ3) is 4.54. The van der Waals surface area contributed by atoms with Crippen LogP contribution >= 0.6 is 11.8 Å². The van der Waals surface area contributed by atoms with Gasteiger partial charge in [0.25, 0.3) is 0 Å². The third-order valence-electron chi connectivity index (χ3n) is 3.47. The van der Waals surface area contributed by atoms with E-state index in [0.29, 0.717) is 30.9 Å². The number of thioether (sulfide) groups is 1. The first kappa shape index (κ1) is 16.5. The van der Waals surface area contributed by atoms with Crippen LogP contribution in [0.5, 0.6) is 0 Å². The molecule has 0 unspecified atom stereocenters. The molecule has 0 amide bonds. The van der Waals surface area contributed by atoms with E-state index < -0.39 is 11.7 Å². The van der Waals surface area contributed by atoms with Crippen LogP contribution in [0.3, 0.4) is 0 Å². The number of halogens is 3. The fourth-order valence-electron chi connectivity index (χ4n) is 2.41. The molecule has 1 fully saturated rings. The second kappa shape index (κ2) is 7.40. The summed E-state index contributed by atoms with van der Waals surface area (Å²) in [5, 5.41) is 3.14. The quantitative estimate of drug-likeness (QED) is 0.832. The zero-order chi connectivity index (χ0) is 15.3. The van der Waals surface area contributed by atoms with Crippen molar-refractivity contribution in [3.8, 4) is 0 Å². The Hall–Kier alpha value is -0.880. The van der Waals surface area contributed by atoms with Gasteiger partial charge in [-0.25, -0.2) is 0 Å². The molecule has 1 N–H and O–H groups in total. The summed E-state index contributed by atoms with van der Waals surface area (Å²) < 4.78 is 40.0. The minimum atomic E-state index is -4.30. The van der Waals surface area contributed by atoms with E-state index in [1.54, 1.807) is 23.9 Å². The summed E-state index contributed by atoms with van der Waals surface area (Å²) in [5.74, 6) is 1.77. The average Bonchev–Trinajstić information content (AvgIpc) is 2.47. The smallest absolute Gasteiger partial charge is 0.369 e. The highest BCUT2D eigenvalue weighted by Crippen LogP contribution is 2.38. The van der Waals surface area contributed by atoms with Crippen molar-refractivity contribution in [3.05, 3.63) is 29.3 Å². The summed E-state index contributed by atoms with van der Waals surface area (Å²) in [6, 6.07) is 4.72. The van der Waals surface area contributed by atoms with Gasteiger partial charge in [-0.15, -0.1) is 0 Å². The van der Waals surface area contributed by atoms with Crippen LogP contribution in [0.1, 0.15) is 24.5 Å². The first-order chi connectivity index (χ1) is 10.0. The first-order valence-electron chi connectivity index (χ1n) is 7.26. The van der Waals surface area contributed by atoms with Gasteiger partial charge in [0.2, 0.25) is 0 Å². The maximum atomic E-state index is 13.3. The fraction of sp³-hybridized carbons (Fsp3) is 0.600. The molecule has 0 aromatic heterocycles. The molecule has 1 heterocycles. The molecule has 21 heavy (non-hydrogen) atoms. The van der Waals surface area contributed by atoms with Crippen molar-refractivity contribution < 1.29 is 13.2 Å². The van der Waals surface area contributed by atoms with E-state index in [2.05, 4.69) is 5.32 Å². The van der Waals surface area contributed by atoms with Crippen molar-refractivity contribution in [1.82, 2.24) is 5.32 Å². The highest BCUT2D eigenvalue weighted by molar-refractivity contribution is 7.99. The molecule has 2 rings (SSSR count). The Labute approximate surface area is 128 Å². The Balaban J connectivity index is 2.23. The van der Waals surface area contributed by atoms with Crippen molar-refractivity contribution in [1.29, 1.82) is 0 Å². The van der Waals surface area contributed by atoms with E-state index in [1.165, 1.54) is 6.07 Å². The van der Waals surface area contributed by atoms with Crippen LogP contribution in [0.2, 0.25) is 0 Å². The van der Waals surface area contributed by atoms with Crippen molar-refractivity contribution >= 4 is 17.4 Å². The van der Waals surface area contributed by atoms with Crippen LogP contribution < -0.4 is 10.2 Å². The lowest BCUT2D eigenvalue weighted by molar-refractivity contribution is -0.137. The molecule has 1 aromatic rings. The minimum Gasteiger partial charge on any atom is -0.369 e. The molecule has 0 spiro atoms. The lowest BCUT2D eigenvalue weighted by Gasteiger charge is -2.31. The summed E-state index contributed by atoms with van der Waals surface area (Å²) in [6.45, 7) is 4.69.